The van der Waals surface area contributed by atoms with E-state index in [9.17, 15) is 4.79 Å². The molecular formula is C25H38N4O2S. The molecule has 176 valence electrons. The molecule has 0 aliphatic heterocycles. The van der Waals surface area contributed by atoms with Gasteiger partial charge in [0.25, 0.3) is 0 Å². The lowest BCUT2D eigenvalue weighted by Crippen LogP contribution is -2.16. The summed E-state index contributed by atoms with van der Waals surface area (Å²) in [5, 5.41) is 3.01. The number of carbonyl (C=O) groups is 2. The van der Waals surface area contributed by atoms with Crippen LogP contribution in [0.15, 0.2) is 52.6 Å². The molecule has 1 atom stereocenters. The number of aromatic nitrogens is 1. The normalized spacial score (nSPS) is 10.9. The molecular weight excluding hydrogens is 420 g/mol. The molecule has 0 saturated carbocycles. The van der Waals surface area contributed by atoms with Gasteiger partial charge in [0.15, 0.2) is 0 Å². The molecule has 1 aromatic carbocycles. The molecule has 2 rings (SSSR count). The Morgan fingerprint density at radius 3 is 2.53 bits per heavy atom. The summed E-state index contributed by atoms with van der Waals surface area (Å²) in [6, 6.07) is 10.5. The number of rotatable bonds is 12. The first-order valence-corrected chi connectivity index (χ1v) is 11.7. The molecule has 1 aromatic heterocycles. The maximum Gasteiger partial charge on any atom is 0.123 e. The van der Waals surface area contributed by atoms with E-state index in [1.54, 1.807) is 18.0 Å². The highest BCUT2D eigenvalue weighted by molar-refractivity contribution is 7.99. The minimum absolute atomic E-state index is 0.262. The second-order valence-corrected chi connectivity index (χ2v) is 8.15. The van der Waals surface area contributed by atoms with Crippen LogP contribution in [0.3, 0.4) is 0 Å². The highest BCUT2D eigenvalue weighted by atomic mass is 32.2. The molecule has 2 aromatic rings. The summed E-state index contributed by atoms with van der Waals surface area (Å²) in [6.45, 7) is 11.7. The fourth-order valence-electron chi connectivity index (χ4n) is 2.75. The summed E-state index contributed by atoms with van der Waals surface area (Å²) in [5.74, 6) is 1.17. The van der Waals surface area contributed by atoms with Crippen molar-refractivity contribution in [1.82, 2.24) is 15.2 Å². The second kappa shape index (κ2) is 19.3. The number of carbonyl (C=O) groups excluding carboxylic acids is 2. The number of nitrogens with zero attached hydrogens (tertiary/aromatic N) is 3. The van der Waals surface area contributed by atoms with E-state index in [4.69, 9.17) is 4.79 Å². The summed E-state index contributed by atoms with van der Waals surface area (Å²) in [4.78, 5) is 29.9. The van der Waals surface area contributed by atoms with Crippen LogP contribution in [-0.2, 0) is 22.6 Å². The lowest BCUT2D eigenvalue weighted by atomic mass is 10.1. The molecule has 0 aliphatic rings. The maximum atomic E-state index is 10.2. The van der Waals surface area contributed by atoms with Crippen LogP contribution in [0, 0.1) is 5.92 Å². The van der Waals surface area contributed by atoms with E-state index in [-0.39, 0.29) is 5.92 Å². The van der Waals surface area contributed by atoms with Crippen LogP contribution >= 0.6 is 11.8 Å². The van der Waals surface area contributed by atoms with E-state index in [1.807, 2.05) is 33.0 Å². The van der Waals surface area contributed by atoms with Crippen LogP contribution in [0.2, 0.25) is 0 Å². The molecule has 0 amide bonds. The smallest absolute Gasteiger partial charge is 0.123 e. The minimum Gasteiger partial charge on any atom is -0.320 e. The third kappa shape index (κ3) is 12.5. The van der Waals surface area contributed by atoms with E-state index < -0.39 is 0 Å². The van der Waals surface area contributed by atoms with Gasteiger partial charge in [0, 0.05) is 35.6 Å². The molecule has 6 nitrogen and oxygen atoms in total. The monoisotopic (exact) mass is 458 g/mol. The summed E-state index contributed by atoms with van der Waals surface area (Å²) in [7, 11) is 4.02. The number of thioether (sulfide) groups is 1. The third-order valence-electron chi connectivity index (χ3n) is 4.70. The molecule has 7 heteroatoms. The molecule has 0 radical (unpaired) electrons. The van der Waals surface area contributed by atoms with Gasteiger partial charge in [-0.25, -0.2) is 0 Å². The first kappa shape index (κ1) is 29.7. The molecule has 0 aliphatic carbocycles. The third-order valence-corrected chi connectivity index (χ3v) is 5.91. The number of aliphatic imine (C=N–C) groups is 1. The Morgan fingerprint density at radius 2 is 2.00 bits per heavy atom. The average molecular weight is 459 g/mol. The second-order valence-electron chi connectivity index (χ2n) is 7.16. The largest absolute Gasteiger partial charge is 0.320 e. The fourth-order valence-corrected chi connectivity index (χ4v) is 3.72. The van der Waals surface area contributed by atoms with Crippen LogP contribution in [0.5, 0.6) is 0 Å². The zero-order chi connectivity index (χ0) is 24.2. The van der Waals surface area contributed by atoms with Crippen LogP contribution in [0.4, 0.5) is 5.69 Å². The summed E-state index contributed by atoms with van der Waals surface area (Å²) in [5.41, 5.74) is 3.52. The Hall–Kier alpha value is -2.35. The summed E-state index contributed by atoms with van der Waals surface area (Å²) < 4.78 is 0. The quantitative estimate of drug-likeness (QED) is 0.213. The predicted molar refractivity (Wildman–Crippen MR) is 137 cm³/mol. The molecule has 1 heterocycles. The van der Waals surface area contributed by atoms with Crippen LogP contribution < -0.4 is 5.32 Å². The van der Waals surface area contributed by atoms with Gasteiger partial charge in [0.1, 0.15) is 13.1 Å². The lowest BCUT2D eigenvalue weighted by Gasteiger charge is -2.17. The molecule has 0 fully saturated rings. The van der Waals surface area contributed by atoms with E-state index in [0.29, 0.717) is 0 Å². The molecule has 0 saturated heterocycles. The predicted octanol–water partition coefficient (Wildman–Crippen LogP) is 4.79. The summed E-state index contributed by atoms with van der Waals surface area (Å²) >= 11 is 1.80. The standard InChI is InChI=1S/C17H21N3S.C7H15NO.CH2O/c1-4-14-7-8-16(18-2)17(10-14)21-13-20(3)12-15-6-5-9-19-11-15;1-3-7(6-9)4-5-8-2;1-2/h5-11H,2,4,12-13H2,1,3H3;6-8H,3-5H2,1-2H3;1H2. The van der Waals surface area contributed by atoms with Gasteiger partial charge in [0.2, 0.25) is 0 Å². The highest BCUT2D eigenvalue weighted by Crippen LogP contribution is 2.31. The average Bonchev–Trinajstić information content (AvgIpc) is 2.85. The van der Waals surface area contributed by atoms with Gasteiger partial charge in [-0.05, 0) is 75.9 Å². The fraction of sp³-hybridized carbons (Fsp3) is 0.440. The number of aryl methyl sites for hydroxylation is 1. The first-order valence-electron chi connectivity index (χ1n) is 10.8. The topological polar surface area (TPSA) is 74.7 Å². The van der Waals surface area contributed by atoms with Crippen molar-refractivity contribution in [2.24, 2.45) is 10.9 Å². The molecule has 1 N–H and O–H groups in total. The van der Waals surface area contributed by atoms with Gasteiger partial charge in [-0.3, -0.25) is 14.9 Å². The Morgan fingerprint density at radius 1 is 1.25 bits per heavy atom. The van der Waals surface area contributed by atoms with Gasteiger partial charge in [0.05, 0.1) is 5.69 Å². The van der Waals surface area contributed by atoms with Gasteiger partial charge in [-0.15, -0.1) is 11.8 Å². The zero-order valence-electron chi connectivity index (χ0n) is 19.9. The maximum absolute atomic E-state index is 10.2. The van der Waals surface area contributed by atoms with Crippen LogP contribution in [0.25, 0.3) is 0 Å². The van der Waals surface area contributed by atoms with Crippen molar-refractivity contribution in [3.63, 3.8) is 0 Å². The SMILES string of the molecule is C=Nc1ccc(CC)cc1SCN(C)Cc1cccnc1.C=O.CCC(C=O)CCNC. The van der Waals surface area contributed by atoms with Crippen LogP contribution in [-0.4, -0.2) is 56.2 Å². The van der Waals surface area contributed by atoms with E-state index in [2.05, 4.69) is 65.1 Å². The Labute approximate surface area is 197 Å². The van der Waals surface area contributed by atoms with Gasteiger partial charge in [-0.2, -0.15) is 0 Å². The summed E-state index contributed by atoms with van der Waals surface area (Å²) in [6.07, 6.45) is 7.72. The van der Waals surface area contributed by atoms with Gasteiger partial charge >= 0.3 is 0 Å². The molecule has 0 spiro atoms. The van der Waals surface area contributed by atoms with Gasteiger partial charge in [-0.1, -0.05) is 26.0 Å². The number of hydrogen-bond donors (Lipinski definition) is 1. The highest BCUT2D eigenvalue weighted by Gasteiger charge is 2.06. The van der Waals surface area contributed by atoms with Crippen molar-refractivity contribution in [1.29, 1.82) is 0 Å². The molecule has 32 heavy (non-hydrogen) atoms. The van der Waals surface area contributed by atoms with Crippen molar-refractivity contribution in [3.8, 4) is 0 Å². The van der Waals surface area contributed by atoms with Crippen molar-refractivity contribution < 1.29 is 9.59 Å². The minimum atomic E-state index is 0.262. The number of hydrogen-bond acceptors (Lipinski definition) is 7. The van der Waals surface area contributed by atoms with Crippen molar-refractivity contribution in [3.05, 3.63) is 53.9 Å². The molecule has 1 unspecified atom stereocenters. The number of benzene rings is 1. The van der Waals surface area contributed by atoms with E-state index in [1.165, 1.54) is 16.0 Å². The Balaban J connectivity index is 0.000000738. The van der Waals surface area contributed by atoms with Crippen LogP contribution in [0.1, 0.15) is 37.8 Å². The molecule has 0 bridgehead atoms. The van der Waals surface area contributed by atoms with Gasteiger partial charge < -0.3 is 14.9 Å². The van der Waals surface area contributed by atoms with Crippen molar-refractivity contribution in [2.75, 3.05) is 26.5 Å². The van der Waals surface area contributed by atoms with Crippen molar-refractivity contribution in [2.45, 2.75) is 44.6 Å². The first-order chi connectivity index (χ1) is 15.6. The lowest BCUT2D eigenvalue weighted by molar-refractivity contribution is -0.111. The Bertz CT molecular complexity index is 759. The number of pyridine rings is 1. The van der Waals surface area contributed by atoms with E-state index >= 15 is 0 Å². The number of aldehydes is 1. The van der Waals surface area contributed by atoms with Crippen molar-refractivity contribution >= 4 is 37.2 Å². The zero-order valence-corrected chi connectivity index (χ0v) is 20.7. The number of nitrogens with one attached hydrogen (secondary N) is 1. The van der Waals surface area contributed by atoms with E-state index in [0.717, 1.165) is 50.2 Å². The Kier molecular flexibility index (Phi) is 17.9.